The van der Waals surface area contributed by atoms with Crippen molar-refractivity contribution in [1.82, 2.24) is 14.0 Å². The highest BCUT2D eigenvalue weighted by molar-refractivity contribution is 5.81. The molecular formula is C13H22N4O3. The van der Waals surface area contributed by atoms with Gasteiger partial charge in [-0.15, -0.1) is 0 Å². The van der Waals surface area contributed by atoms with Gasteiger partial charge in [0, 0.05) is 27.3 Å². The average molecular weight is 282 g/mol. The molecule has 7 nitrogen and oxygen atoms in total. The SMILES string of the molecule is CCC[C@H](N)C(=O)N(C)Cc1cn(C)c(=O)n(C)c1=O. The summed E-state index contributed by atoms with van der Waals surface area (Å²) < 4.78 is 2.35. The van der Waals surface area contributed by atoms with Crippen molar-refractivity contribution < 1.29 is 4.79 Å². The number of hydrogen-bond acceptors (Lipinski definition) is 4. The molecule has 0 fully saturated rings. The smallest absolute Gasteiger partial charge is 0.330 e. The highest BCUT2D eigenvalue weighted by Gasteiger charge is 2.19. The maximum absolute atomic E-state index is 12.0. The third kappa shape index (κ3) is 3.36. The van der Waals surface area contributed by atoms with E-state index >= 15 is 0 Å². The third-order valence-electron chi connectivity index (χ3n) is 3.22. The largest absolute Gasteiger partial charge is 0.340 e. The molecule has 1 atom stereocenters. The van der Waals surface area contributed by atoms with Crippen molar-refractivity contribution in [2.24, 2.45) is 19.8 Å². The van der Waals surface area contributed by atoms with Crippen molar-refractivity contribution in [3.05, 3.63) is 32.6 Å². The van der Waals surface area contributed by atoms with Gasteiger partial charge in [-0.05, 0) is 6.42 Å². The molecule has 20 heavy (non-hydrogen) atoms. The van der Waals surface area contributed by atoms with E-state index in [1.165, 1.54) is 22.7 Å². The van der Waals surface area contributed by atoms with Crippen LogP contribution in [0.4, 0.5) is 0 Å². The predicted octanol–water partition coefficient (Wildman–Crippen LogP) is -0.830. The molecule has 2 N–H and O–H groups in total. The van der Waals surface area contributed by atoms with Crippen molar-refractivity contribution in [2.45, 2.75) is 32.4 Å². The predicted molar refractivity (Wildman–Crippen MR) is 76.3 cm³/mol. The first kappa shape index (κ1) is 16.2. The normalized spacial score (nSPS) is 12.2. The summed E-state index contributed by atoms with van der Waals surface area (Å²) in [5, 5.41) is 0. The number of carbonyl (C=O) groups excluding carboxylic acids is 1. The van der Waals surface area contributed by atoms with Gasteiger partial charge in [0.15, 0.2) is 0 Å². The fourth-order valence-electron chi connectivity index (χ4n) is 2.04. The van der Waals surface area contributed by atoms with Gasteiger partial charge in [0.25, 0.3) is 5.56 Å². The summed E-state index contributed by atoms with van der Waals surface area (Å²) in [6.45, 7) is 2.09. The van der Waals surface area contributed by atoms with Crippen LogP contribution in [-0.4, -0.2) is 33.0 Å². The number of aryl methyl sites for hydroxylation is 1. The molecule has 7 heteroatoms. The van der Waals surface area contributed by atoms with Crippen LogP contribution < -0.4 is 17.0 Å². The molecule has 0 radical (unpaired) electrons. The van der Waals surface area contributed by atoms with Gasteiger partial charge >= 0.3 is 5.69 Å². The third-order valence-corrected chi connectivity index (χ3v) is 3.22. The Hall–Kier alpha value is -1.89. The molecule has 1 heterocycles. The first-order chi connectivity index (χ1) is 9.29. The molecule has 0 aliphatic carbocycles. The molecule has 0 unspecified atom stereocenters. The molecule has 0 spiro atoms. The topological polar surface area (TPSA) is 90.3 Å². The Balaban J connectivity index is 2.97. The van der Waals surface area contributed by atoms with Gasteiger partial charge in [-0.25, -0.2) is 4.79 Å². The summed E-state index contributed by atoms with van der Waals surface area (Å²) in [4.78, 5) is 37.0. The van der Waals surface area contributed by atoms with Crippen LogP contribution in [0.3, 0.4) is 0 Å². The minimum absolute atomic E-state index is 0.136. The number of likely N-dealkylation sites (N-methyl/N-ethyl adjacent to an activating group) is 1. The zero-order valence-corrected chi connectivity index (χ0v) is 12.4. The van der Waals surface area contributed by atoms with E-state index in [-0.39, 0.29) is 12.5 Å². The van der Waals surface area contributed by atoms with E-state index < -0.39 is 17.3 Å². The molecule has 0 aliphatic rings. The zero-order chi connectivity index (χ0) is 15.4. The number of aromatic nitrogens is 2. The van der Waals surface area contributed by atoms with Crippen molar-refractivity contribution >= 4 is 5.91 Å². The molecular weight excluding hydrogens is 260 g/mol. The number of amides is 1. The zero-order valence-electron chi connectivity index (χ0n) is 12.4. The lowest BCUT2D eigenvalue weighted by Gasteiger charge is -2.21. The van der Waals surface area contributed by atoms with Crippen LogP contribution in [0.2, 0.25) is 0 Å². The van der Waals surface area contributed by atoms with E-state index in [0.29, 0.717) is 12.0 Å². The van der Waals surface area contributed by atoms with Gasteiger partial charge in [0.2, 0.25) is 5.91 Å². The van der Waals surface area contributed by atoms with Gasteiger partial charge in [0.1, 0.15) is 0 Å². The van der Waals surface area contributed by atoms with Gasteiger partial charge in [0.05, 0.1) is 18.2 Å². The minimum Gasteiger partial charge on any atom is -0.340 e. The monoisotopic (exact) mass is 282 g/mol. The summed E-state index contributed by atoms with van der Waals surface area (Å²) in [5.74, 6) is -0.206. The van der Waals surface area contributed by atoms with Crippen molar-refractivity contribution in [2.75, 3.05) is 7.05 Å². The highest BCUT2D eigenvalue weighted by atomic mass is 16.2. The molecule has 0 aliphatic heterocycles. The lowest BCUT2D eigenvalue weighted by molar-refractivity contribution is -0.132. The second kappa shape index (κ2) is 6.51. The fourth-order valence-corrected chi connectivity index (χ4v) is 2.04. The fraction of sp³-hybridized carbons (Fsp3) is 0.615. The summed E-state index contributed by atoms with van der Waals surface area (Å²) in [5.41, 5.74) is 5.37. The molecule has 1 amide bonds. The number of nitrogens with two attached hydrogens (primary N) is 1. The number of hydrogen-bond donors (Lipinski definition) is 1. The Kier molecular flexibility index (Phi) is 5.26. The Labute approximate surface area is 117 Å². The van der Waals surface area contributed by atoms with Crippen LogP contribution in [-0.2, 0) is 25.4 Å². The highest BCUT2D eigenvalue weighted by Crippen LogP contribution is 2.02. The summed E-state index contributed by atoms with van der Waals surface area (Å²) in [6.07, 6.45) is 2.89. The Morgan fingerprint density at radius 2 is 2.00 bits per heavy atom. The van der Waals surface area contributed by atoms with E-state index in [2.05, 4.69) is 0 Å². The van der Waals surface area contributed by atoms with Crippen LogP contribution in [0.15, 0.2) is 15.8 Å². The van der Waals surface area contributed by atoms with E-state index in [4.69, 9.17) is 5.73 Å². The Morgan fingerprint density at radius 1 is 1.40 bits per heavy atom. The van der Waals surface area contributed by atoms with E-state index in [0.717, 1.165) is 11.0 Å². The van der Waals surface area contributed by atoms with Gasteiger partial charge in [-0.2, -0.15) is 0 Å². The Bertz CT molecular complexity index is 603. The second-order valence-corrected chi connectivity index (χ2v) is 5.00. The molecule has 0 saturated heterocycles. The summed E-state index contributed by atoms with van der Waals surface area (Å²) >= 11 is 0. The first-order valence-corrected chi connectivity index (χ1v) is 6.55. The number of carbonyl (C=O) groups is 1. The molecule has 1 aromatic rings. The number of rotatable bonds is 5. The maximum Gasteiger partial charge on any atom is 0.330 e. The Morgan fingerprint density at radius 3 is 2.55 bits per heavy atom. The average Bonchev–Trinajstić information content (AvgIpc) is 2.41. The van der Waals surface area contributed by atoms with Gasteiger partial charge in [-0.3, -0.25) is 14.2 Å². The number of nitrogens with zero attached hydrogens (tertiary/aromatic N) is 3. The molecule has 1 aromatic heterocycles. The first-order valence-electron chi connectivity index (χ1n) is 6.55. The van der Waals surface area contributed by atoms with Crippen LogP contribution in [0.1, 0.15) is 25.3 Å². The standard InChI is InChI=1S/C13H22N4O3/c1-5-6-10(14)12(19)15(2)7-9-8-16(3)13(20)17(4)11(9)18/h8,10H,5-7,14H2,1-4H3/t10-/m0/s1. The van der Waals surface area contributed by atoms with Gasteiger partial charge < -0.3 is 15.2 Å². The van der Waals surface area contributed by atoms with E-state index in [9.17, 15) is 14.4 Å². The van der Waals surface area contributed by atoms with E-state index in [1.54, 1.807) is 14.1 Å². The molecule has 1 rings (SSSR count). The second-order valence-electron chi connectivity index (χ2n) is 5.00. The molecule has 112 valence electrons. The van der Waals surface area contributed by atoms with Crippen LogP contribution in [0, 0.1) is 0 Å². The lowest BCUT2D eigenvalue weighted by Crippen LogP contribution is -2.44. The summed E-state index contributed by atoms with van der Waals surface area (Å²) in [7, 11) is 4.58. The van der Waals surface area contributed by atoms with E-state index in [1.807, 2.05) is 6.92 Å². The van der Waals surface area contributed by atoms with Crippen molar-refractivity contribution in [3.63, 3.8) is 0 Å². The van der Waals surface area contributed by atoms with Crippen molar-refractivity contribution in [1.29, 1.82) is 0 Å². The summed E-state index contributed by atoms with van der Waals surface area (Å²) in [6, 6.07) is -0.554. The van der Waals surface area contributed by atoms with Crippen molar-refractivity contribution in [3.8, 4) is 0 Å². The lowest BCUT2D eigenvalue weighted by atomic mass is 10.1. The maximum atomic E-state index is 12.0. The minimum atomic E-state index is -0.554. The van der Waals surface area contributed by atoms with Gasteiger partial charge in [-0.1, -0.05) is 13.3 Å². The quantitative estimate of drug-likeness (QED) is 0.763. The molecule has 0 aromatic carbocycles. The molecule has 0 bridgehead atoms. The van der Waals surface area contributed by atoms with Crippen LogP contribution in [0.25, 0.3) is 0 Å². The molecule has 0 saturated carbocycles. The van der Waals surface area contributed by atoms with Crippen LogP contribution in [0.5, 0.6) is 0 Å². The van der Waals surface area contributed by atoms with Crippen LogP contribution >= 0.6 is 0 Å².